The highest BCUT2D eigenvalue weighted by Crippen LogP contribution is 2.42. The van der Waals surface area contributed by atoms with Crippen LogP contribution in [-0.4, -0.2) is 21.2 Å². The van der Waals surface area contributed by atoms with E-state index in [1.807, 2.05) is 30.3 Å². The van der Waals surface area contributed by atoms with Crippen LogP contribution in [0.1, 0.15) is 37.6 Å². The zero-order chi connectivity index (χ0) is 25.4. The third kappa shape index (κ3) is 4.84. The van der Waals surface area contributed by atoms with Gasteiger partial charge in [-0.3, -0.25) is 14.2 Å². The lowest BCUT2D eigenvalue weighted by Gasteiger charge is -2.33. The number of carbonyl (C=O) groups excluding carboxylic acids is 1. The molecule has 0 fully saturated rings. The molecule has 1 aliphatic carbocycles. The van der Waals surface area contributed by atoms with Gasteiger partial charge in [-0.2, -0.15) is 0 Å². The van der Waals surface area contributed by atoms with Gasteiger partial charge >= 0.3 is 0 Å². The largest absolute Gasteiger partial charge is 0.323 e. The molecule has 5 nitrogen and oxygen atoms in total. The summed E-state index contributed by atoms with van der Waals surface area (Å²) < 4.78 is 15.6. The minimum absolute atomic E-state index is 0.00367. The molecule has 1 atom stereocenters. The van der Waals surface area contributed by atoms with E-state index in [-0.39, 0.29) is 28.3 Å². The first kappa shape index (κ1) is 24.7. The molecule has 8 heteroatoms. The summed E-state index contributed by atoms with van der Waals surface area (Å²) in [5.41, 5.74) is 2.07. The van der Waals surface area contributed by atoms with Crippen LogP contribution >= 0.6 is 23.1 Å². The predicted octanol–water partition coefficient (Wildman–Crippen LogP) is 6.47. The van der Waals surface area contributed by atoms with Gasteiger partial charge in [0.2, 0.25) is 5.91 Å². The van der Waals surface area contributed by atoms with Crippen molar-refractivity contribution in [3.05, 3.63) is 81.2 Å². The Morgan fingerprint density at radius 2 is 1.89 bits per heavy atom. The Bertz CT molecular complexity index is 1490. The van der Waals surface area contributed by atoms with Crippen molar-refractivity contribution in [2.75, 3.05) is 11.1 Å². The number of thioether (sulfide) groups is 1. The fourth-order valence-electron chi connectivity index (χ4n) is 4.73. The van der Waals surface area contributed by atoms with Crippen LogP contribution in [0.2, 0.25) is 0 Å². The molecule has 1 amide bonds. The lowest BCUT2D eigenvalue weighted by Crippen LogP contribution is -2.27. The minimum Gasteiger partial charge on any atom is -0.323 e. The summed E-state index contributed by atoms with van der Waals surface area (Å²) in [4.78, 5) is 33.4. The Labute approximate surface area is 217 Å². The first-order valence-electron chi connectivity index (χ1n) is 12.0. The van der Waals surface area contributed by atoms with Crippen LogP contribution in [0.3, 0.4) is 0 Å². The van der Waals surface area contributed by atoms with E-state index in [2.05, 4.69) is 26.1 Å². The first-order valence-corrected chi connectivity index (χ1v) is 13.8. The second-order valence-corrected chi connectivity index (χ2v) is 12.2. The van der Waals surface area contributed by atoms with Gasteiger partial charge in [-0.25, -0.2) is 9.37 Å². The molecule has 0 bridgehead atoms. The highest BCUT2D eigenvalue weighted by atomic mass is 32.2. The monoisotopic (exact) mass is 521 g/mol. The molecule has 186 valence electrons. The molecular weight excluding hydrogens is 493 g/mol. The molecule has 1 unspecified atom stereocenters. The van der Waals surface area contributed by atoms with Gasteiger partial charge in [0.1, 0.15) is 10.6 Å². The molecule has 2 aromatic heterocycles. The molecule has 2 aromatic carbocycles. The number of fused-ring (bicyclic) bond motifs is 3. The maximum absolute atomic E-state index is 14.0. The average Bonchev–Trinajstić information content (AvgIpc) is 3.22. The van der Waals surface area contributed by atoms with Crippen molar-refractivity contribution in [1.29, 1.82) is 0 Å². The molecule has 0 saturated heterocycles. The number of hydrogen-bond donors (Lipinski definition) is 1. The second kappa shape index (κ2) is 9.82. The summed E-state index contributed by atoms with van der Waals surface area (Å²) in [6.45, 7) is 6.83. The molecule has 5 rings (SSSR count). The number of benzene rings is 2. The Balaban J connectivity index is 1.52. The summed E-state index contributed by atoms with van der Waals surface area (Å²) >= 11 is 2.78. The Morgan fingerprint density at radius 1 is 1.17 bits per heavy atom. The van der Waals surface area contributed by atoms with Crippen LogP contribution in [-0.2, 0) is 17.6 Å². The predicted molar refractivity (Wildman–Crippen MR) is 146 cm³/mol. The lowest BCUT2D eigenvalue weighted by atomic mass is 9.72. The van der Waals surface area contributed by atoms with Crippen LogP contribution < -0.4 is 10.9 Å². The number of nitrogens with one attached hydrogen (secondary N) is 1. The number of amides is 1. The lowest BCUT2D eigenvalue weighted by molar-refractivity contribution is -0.113. The maximum atomic E-state index is 14.0. The zero-order valence-corrected chi connectivity index (χ0v) is 22.1. The van der Waals surface area contributed by atoms with Crippen molar-refractivity contribution in [1.82, 2.24) is 9.55 Å². The molecule has 1 aliphatic rings. The quantitative estimate of drug-likeness (QED) is 0.242. The SMILES string of the molecule is CC(C)(C)C1CCc2c(sc3nc(SCC(=O)Nc4ccccc4F)n(-c4ccccc4)c(=O)c23)C1. The summed E-state index contributed by atoms with van der Waals surface area (Å²) in [5.74, 6) is -0.298. The number of nitrogens with zero attached hydrogens (tertiary/aromatic N) is 2. The van der Waals surface area contributed by atoms with E-state index in [1.54, 1.807) is 28.0 Å². The summed E-state index contributed by atoms with van der Waals surface area (Å²) in [7, 11) is 0. The number of thiophene rings is 1. The molecule has 0 radical (unpaired) electrons. The van der Waals surface area contributed by atoms with Crippen LogP contribution in [0, 0.1) is 17.2 Å². The van der Waals surface area contributed by atoms with Crippen LogP contribution in [0.25, 0.3) is 15.9 Å². The van der Waals surface area contributed by atoms with E-state index in [0.29, 0.717) is 22.1 Å². The number of carbonyl (C=O) groups is 1. The molecule has 0 saturated carbocycles. The van der Waals surface area contributed by atoms with Gasteiger partial charge < -0.3 is 5.32 Å². The summed E-state index contributed by atoms with van der Waals surface area (Å²) in [5, 5.41) is 3.76. The molecular formula is C28H28FN3O2S2. The number of halogens is 1. The van der Waals surface area contributed by atoms with Crippen LogP contribution in [0.4, 0.5) is 10.1 Å². The molecule has 0 aliphatic heterocycles. The van der Waals surface area contributed by atoms with E-state index >= 15 is 0 Å². The maximum Gasteiger partial charge on any atom is 0.267 e. The van der Waals surface area contributed by atoms with Crippen molar-refractivity contribution in [3.63, 3.8) is 0 Å². The second-order valence-electron chi connectivity index (χ2n) is 10.2. The van der Waals surface area contributed by atoms with E-state index in [0.717, 1.165) is 29.7 Å². The van der Waals surface area contributed by atoms with Crippen molar-refractivity contribution in [3.8, 4) is 5.69 Å². The molecule has 1 N–H and O–H groups in total. The molecule has 2 heterocycles. The third-order valence-electron chi connectivity index (χ3n) is 6.77. The molecule has 4 aromatic rings. The van der Waals surface area contributed by atoms with Crippen LogP contribution in [0.5, 0.6) is 0 Å². The van der Waals surface area contributed by atoms with Crippen molar-refractivity contribution < 1.29 is 9.18 Å². The normalized spacial score (nSPS) is 15.6. The number of aryl methyl sites for hydroxylation is 1. The van der Waals surface area contributed by atoms with Gasteiger partial charge in [-0.1, -0.05) is 62.9 Å². The smallest absolute Gasteiger partial charge is 0.267 e. The highest BCUT2D eigenvalue weighted by Gasteiger charge is 2.32. The Morgan fingerprint density at radius 3 is 2.61 bits per heavy atom. The van der Waals surface area contributed by atoms with E-state index in [1.165, 1.54) is 28.8 Å². The number of para-hydroxylation sites is 2. The van der Waals surface area contributed by atoms with Gasteiger partial charge in [0.05, 0.1) is 22.5 Å². The number of aromatic nitrogens is 2. The average molecular weight is 522 g/mol. The fraction of sp³-hybridized carbons (Fsp3) is 0.321. The minimum atomic E-state index is -0.491. The van der Waals surface area contributed by atoms with Gasteiger partial charge in [-0.05, 0) is 60.4 Å². The van der Waals surface area contributed by atoms with E-state index in [9.17, 15) is 14.0 Å². The molecule has 36 heavy (non-hydrogen) atoms. The van der Waals surface area contributed by atoms with Gasteiger partial charge in [0, 0.05) is 4.88 Å². The highest BCUT2D eigenvalue weighted by molar-refractivity contribution is 7.99. The first-order chi connectivity index (χ1) is 17.2. The number of anilines is 1. The van der Waals surface area contributed by atoms with Gasteiger partial charge in [-0.15, -0.1) is 11.3 Å². The Hall–Kier alpha value is -2.97. The van der Waals surface area contributed by atoms with Gasteiger partial charge in [0.15, 0.2) is 5.16 Å². The van der Waals surface area contributed by atoms with E-state index in [4.69, 9.17) is 4.98 Å². The van der Waals surface area contributed by atoms with E-state index < -0.39 is 5.82 Å². The van der Waals surface area contributed by atoms with Crippen molar-refractivity contribution in [2.24, 2.45) is 11.3 Å². The van der Waals surface area contributed by atoms with Crippen molar-refractivity contribution in [2.45, 2.75) is 45.2 Å². The van der Waals surface area contributed by atoms with Crippen LogP contribution in [0.15, 0.2) is 64.5 Å². The summed E-state index contributed by atoms with van der Waals surface area (Å²) in [6.07, 6.45) is 2.89. The van der Waals surface area contributed by atoms with Gasteiger partial charge in [0.25, 0.3) is 5.56 Å². The fourth-order valence-corrected chi connectivity index (χ4v) is 6.88. The third-order valence-corrected chi connectivity index (χ3v) is 8.86. The Kier molecular flexibility index (Phi) is 6.74. The number of rotatable bonds is 5. The zero-order valence-electron chi connectivity index (χ0n) is 20.5. The summed E-state index contributed by atoms with van der Waals surface area (Å²) in [6, 6.07) is 15.4. The molecule has 0 spiro atoms. The van der Waals surface area contributed by atoms with Crippen molar-refractivity contribution >= 4 is 44.9 Å². The standard InChI is InChI=1S/C28H28FN3O2S2/c1-28(2,3)17-13-14-19-22(15-17)36-25-24(19)26(34)32(18-9-5-4-6-10-18)27(31-25)35-16-23(33)30-21-12-8-7-11-20(21)29/h4-12,17H,13-16H2,1-3H3,(H,30,33). The number of hydrogen-bond acceptors (Lipinski definition) is 5. The topological polar surface area (TPSA) is 64.0 Å².